The van der Waals surface area contributed by atoms with E-state index in [-0.39, 0.29) is 23.4 Å². The van der Waals surface area contributed by atoms with Gasteiger partial charge in [-0.1, -0.05) is 6.07 Å². The normalized spacial score (nSPS) is 17.1. The quantitative estimate of drug-likeness (QED) is 0.543. The standard InChI is InChI=1S/C25H27N7O3/c1-14(33)21-22(16-6-9-31(10-7-16)25(35)15(2)34)30-24-19(13-29-32(24)23(21)26)17-3-4-20(28-12-17)18-5-8-27-11-18/h3-4,8,11-13,15-16,34H,5-7,9-10,26H2,1-2H3/t15-/m1/s1. The summed E-state index contributed by atoms with van der Waals surface area (Å²) in [7, 11) is 0. The van der Waals surface area contributed by atoms with Crippen molar-refractivity contribution in [3.63, 3.8) is 0 Å². The van der Waals surface area contributed by atoms with E-state index in [1.54, 1.807) is 17.3 Å². The van der Waals surface area contributed by atoms with Crippen molar-refractivity contribution in [1.29, 1.82) is 0 Å². The molecule has 1 fully saturated rings. The molecule has 180 valence electrons. The number of fused-ring (bicyclic) bond motifs is 1. The monoisotopic (exact) mass is 473 g/mol. The highest BCUT2D eigenvalue weighted by molar-refractivity contribution is 6.00. The zero-order chi connectivity index (χ0) is 24.7. The molecule has 2 aliphatic rings. The smallest absolute Gasteiger partial charge is 0.251 e. The van der Waals surface area contributed by atoms with Gasteiger partial charge < -0.3 is 15.7 Å². The van der Waals surface area contributed by atoms with Crippen LogP contribution in [0.15, 0.2) is 35.7 Å². The number of Topliss-reactive ketones (excluding diaryl/α,β-unsaturated/α-hetero) is 1. The molecule has 35 heavy (non-hydrogen) atoms. The van der Waals surface area contributed by atoms with Crippen LogP contribution in [0.1, 0.15) is 60.8 Å². The highest BCUT2D eigenvalue weighted by Crippen LogP contribution is 2.35. The molecule has 1 amide bonds. The van der Waals surface area contributed by atoms with Gasteiger partial charge in [-0.3, -0.25) is 19.6 Å². The summed E-state index contributed by atoms with van der Waals surface area (Å²) in [5.41, 5.74) is 11.5. The molecule has 0 bridgehead atoms. The van der Waals surface area contributed by atoms with E-state index < -0.39 is 6.10 Å². The van der Waals surface area contributed by atoms with Crippen LogP contribution in [0.4, 0.5) is 5.82 Å². The molecule has 2 aliphatic heterocycles. The maximum atomic E-state index is 12.6. The maximum absolute atomic E-state index is 12.6. The maximum Gasteiger partial charge on any atom is 0.251 e. The van der Waals surface area contributed by atoms with Crippen LogP contribution in [0.3, 0.4) is 0 Å². The van der Waals surface area contributed by atoms with Crippen molar-refractivity contribution in [2.45, 2.75) is 45.1 Å². The van der Waals surface area contributed by atoms with Crippen molar-refractivity contribution in [1.82, 2.24) is 24.5 Å². The fourth-order valence-corrected chi connectivity index (χ4v) is 4.79. The van der Waals surface area contributed by atoms with Gasteiger partial charge in [-0.05, 0) is 32.8 Å². The summed E-state index contributed by atoms with van der Waals surface area (Å²) in [4.78, 5) is 40.1. The zero-order valence-electron chi connectivity index (χ0n) is 19.7. The Hall–Kier alpha value is -3.92. The van der Waals surface area contributed by atoms with Crippen molar-refractivity contribution in [3.8, 4) is 11.1 Å². The predicted molar refractivity (Wildman–Crippen MR) is 132 cm³/mol. The van der Waals surface area contributed by atoms with E-state index >= 15 is 0 Å². The van der Waals surface area contributed by atoms with Crippen molar-refractivity contribution < 1.29 is 14.7 Å². The third kappa shape index (κ3) is 4.10. The lowest BCUT2D eigenvalue weighted by atomic mass is 9.89. The lowest BCUT2D eigenvalue weighted by molar-refractivity contribution is -0.140. The number of carbonyl (C=O) groups excluding carboxylic acids is 2. The Morgan fingerprint density at radius 2 is 1.97 bits per heavy atom. The number of anilines is 1. The molecule has 0 saturated carbocycles. The Balaban J connectivity index is 1.51. The van der Waals surface area contributed by atoms with Crippen molar-refractivity contribution >= 4 is 34.9 Å². The second kappa shape index (κ2) is 9.03. The van der Waals surface area contributed by atoms with Crippen LogP contribution in [0.5, 0.6) is 0 Å². The minimum Gasteiger partial charge on any atom is -0.384 e. The first-order chi connectivity index (χ1) is 16.8. The van der Waals surface area contributed by atoms with E-state index in [1.165, 1.54) is 18.4 Å². The third-order valence-corrected chi connectivity index (χ3v) is 6.66. The number of nitrogens with two attached hydrogens (primary N) is 1. The number of ketones is 1. The molecule has 3 N–H and O–H groups in total. The number of piperidine rings is 1. The molecule has 10 nitrogen and oxygen atoms in total. The van der Waals surface area contributed by atoms with E-state index in [0.717, 1.165) is 28.8 Å². The van der Waals surface area contributed by atoms with E-state index in [1.807, 2.05) is 24.5 Å². The topological polar surface area (TPSA) is 139 Å². The Morgan fingerprint density at radius 3 is 2.57 bits per heavy atom. The Morgan fingerprint density at radius 1 is 1.20 bits per heavy atom. The minimum atomic E-state index is -1.03. The highest BCUT2D eigenvalue weighted by atomic mass is 16.3. The molecule has 1 atom stereocenters. The number of pyridine rings is 1. The van der Waals surface area contributed by atoms with Gasteiger partial charge in [0, 0.05) is 60.7 Å². The van der Waals surface area contributed by atoms with Gasteiger partial charge in [0.1, 0.15) is 11.9 Å². The summed E-state index contributed by atoms with van der Waals surface area (Å²) >= 11 is 0. The number of nitrogens with zero attached hydrogens (tertiary/aromatic N) is 6. The second-order valence-electron chi connectivity index (χ2n) is 9.00. The van der Waals surface area contributed by atoms with E-state index in [4.69, 9.17) is 10.7 Å². The molecule has 10 heteroatoms. The molecule has 3 aromatic heterocycles. The van der Waals surface area contributed by atoms with E-state index in [2.05, 4.69) is 15.1 Å². The summed E-state index contributed by atoms with van der Waals surface area (Å²) < 4.78 is 1.50. The number of hydrogen-bond donors (Lipinski definition) is 2. The summed E-state index contributed by atoms with van der Waals surface area (Å²) in [6, 6.07) is 3.91. The largest absolute Gasteiger partial charge is 0.384 e. The molecule has 0 unspecified atom stereocenters. The second-order valence-corrected chi connectivity index (χ2v) is 9.00. The number of aliphatic imine (C=N–C) groups is 1. The Kier molecular flexibility index (Phi) is 5.89. The van der Waals surface area contributed by atoms with E-state index in [9.17, 15) is 14.7 Å². The number of carbonyl (C=O) groups is 2. The Bertz CT molecular complexity index is 1360. The summed E-state index contributed by atoms with van der Waals surface area (Å²) in [5, 5.41) is 14.0. The number of nitrogen functional groups attached to an aromatic ring is 1. The van der Waals surface area contributed by atoms with Crippen molar-refractivity contribution in [2.24, 2.45) is 4.99 Å². The van der Waals surface area contributed by atoms with Gasteiger partial charge in [-0.15, -0.1) is 0 Å². The van der Waals surface area contributed by atoms with Crippen LogP contribution in [0, 0.1) is 0 Å². The lowest BCUT2D eigenvalue weighted by Crippen LogP contribution is -2.42. The fraction of sp³-hybridized carbons (Fsp3) is 0.360. The van der Waals surface area contributed by atoms with E-state index in [0.29, 0.717) is 42.8 Å². The molecule has 0 aromatic carbocycles. The van der Waals surface area contributed by atoms with Crippen LogP contribution in [-0.4, -0.2) is 66.7 Å². The molecular weight excluding hydrogens is 446 g/mol. The van der Waals surface area contributed by atoms with Gasteiger partial charge in [0.15, 0.2) is 11.4 Å². The molecule has 5 heterocycles. The van der Waals surface area contributed by atoms with Crippen LogP contribution in [0.25, 0.3) is 22.3 Å². The van der Waals surface area contributed by atoms with Gasteiger partial charge in [0.25, 0.3) is 5.91 Å². The van der Waals surface area contributed by atoms with Gasteiger partial charge >= 0.3 is 0 Å². The van der Waals surface area contributed by atoms with Crippen molar-refractivity contribution in [2.75, 3.05) is 18.8 Å². The molecule has 1 saturated heterocycles. The van der Waals surface area contributed by atoms with Gasteiger partial charge in [-0.25, -0.2) is 4.98 Å². The fourth-order valence-electron chi connectivity index (χ4n) is 4.79. The van der Waals surface area contributed by atoms with Crippen LogP contribution in [0.2, 0.25) is 0 Å². The number of allylic oxidation sites excluding steroid dienone is 1. The molecule has 0 radical (unpaired) electrons. The molecular formula is C25H27N7O3. The number of hydrogen-bond acceptors (Lipinski definition) is 8. The number of aliphatic hydroxyl groups is 1. The number of amides is 1. The number of likely N-dealkylation sites (tertiary alicyclic amines) is 1. The third-order valence-electron chi connectivity index (χ3n) is 6.66. The molecule has 0 spiro atoms. The van der Waals surface area contributed by atoms with Gasteiger partial charge in [0.2, 0.25) is 0 Å². The number of rotatable bonds is 5. The van der Waals surface area contributed by atoms with Crippen LogP contribution >= 0.6 is 0 Å². The average molecular weight is 474 g/mol. The molecule has 5 rings (SSSR count). The molecule has 3 aromatic rings. The Labute approximate surface area is 202 Å². The predicted octanol–water partition coefficient (Wildman–Crippen LogP) is 2.48. The van der Waals surface area contributed by atoms with Crippen molar-refractivity contribution in [3.05, 3.63) is 47.7 Å². The SMILES string of the molecule is CC(=O)c1c(C2CCN(C(=O)[C@@H](C)O)CC2)nc2c(-c3ccc(C4=CN=CC4)nc3)cnn2c1N. The zero-order valence-corrected chi connectivity index (χ0v) is 19.7. The lowest BCUT2D eigenvalue weighted by Gasteiger charge is -2.33. The average Bonchev–Trinajstić information content (AvgIpc) is 3.54. The summed E-state index contributed by atoms with van der Waals surface area (Å²) in [5.74, 6) is -0.252. The highest BCUT2D eigenvalue weighted by Gasteiger charge is 2.31. The van der Waals surface area contributed by atoms with Crippen LogP contribution in [-0.2, 0) is 4.79 Å². The van der Waals surface area contributed by atoms with Crippen LogP contribution < -0.4 is 5.73 Å². The first-order valence-electron chi connectivity index (χ1n) is 11.7. The minimum absolute atomic E-state index is 0.0446. The number of aliphatic hydroxyl groups excluding tert-OH is 1. The first-order valence-corrected chi connectivity index (χ1v) is 11.7. The summed E-state index contributed by atoms with van der Waals surface area (Å²) in [6.07, 6.45) is 8.11. The molecule has 0 aliphatic carbocycles. The first kappa shape index (κ1) is 22.9. The summed E-state index contributed by atoms with van der Waals surface area (Å²) in [6.45, 7) is 3.91. The van der Waals surface area contributed by atoms with Gasteiger partial charge in [0.05, 0.1) is 23.1 Å². The number of aromatic nitrogens is 4. The van der Waals surface area contributed by atoms with Gasteiger partial charge in [-0.2, -0.15) is 9.61 Å².